The Morgan fingerprint density at radius 2 is 1.97 bits per heavy atom. The summed E-state index contributed by atoms with van der Waals surface area (Å²) in [7, 11) is 4.65. The molecule has 1 N–H and O–H groups in total. The highest BCUT2D eigenvalue weighted by atomic mass is 16.6. The zero-order chi connectivity index (χ0) is 23.5. The van der Waals surface area contributed by atoms with Crippen molar-refractivity contribution in [1.82, 2.24) is 15.0 Å². The lowest BCUT2D eigenvalue weighted by molar-refractivity contribution is -0.384. The summed E-state index contributed by atoms with van der Waals surface area (Å²) in [5, 5.41) is 25.4. The Balaban J connectivity index is 1.61. The summed E-state index contributed by atoms with van der Waals surface area (Å²) in [5.41, 5.74) is 1.26. The summed E-state index contributed by atoms with van der Waals surface area (Å²) in [6.45, 7) is 0.830. The molecule has 11 nitrogen and oxygen atoms in total. The molecule has 1 saturated heterocycles. The first kappa shape index (κ1) is 22.5. The topological polar surface area (TPSA) is 133 Å². The number of non-ortho nitro benzene ring substituents is 1. The van der Waals surface area contributed by atoms with Crippen LogP contribution in [0.15, 0.2) is 40.9 Å². The Hall–Kier alpha value is -3.70. The summed E-state index contributed by atoms with van der Waals surface area (Å²) in [5.74, 6) is 2.15. The van der Waals surface area contributed by atoms with Crippen molar-refractivity contribution in [3.05, 3.63) is 58.0 Å². The summed E-state index contributed by atoms with van der Waals surface area (Å²) in [6, 6.07) is 9.38. The van der Waals surface area contributed by atoms with E-state index in [1.54, 1.807) is 39.5 Å². The molecule has 0 spiro atoms. The standard InChI is InChI=1S/C22H24N4O7/c1-30-18-8-7-14(19(31-2)20(18)32-3)11-25-12-16(27)10-17(25)22-23-21(24-33-22)13-5-4-6-15(9-13)26(28)29/h4-9,16-17,27H,10-12H2,1-3H3/t16-,17+/m1/s1. The molecule has 2 aromatic carbocycles. The third-order valence-corrected chi connectivity index (χ3v) is 5.58. The van der Waals surface area contributed by atoms with Gasteiger partial charge in [0, 0.05) is 36.3 Å². The first-order chi connectivity index (χ1) is 15.9. The summed E-state index contributed by atoms with van der Waals surface area (Å²) in [4.78, 5) is 17.1. The zero-order valence-corrected chi connectivity index (χ0v) is 18.4. The van der Waals surface area contributed by atoms with E-state index < -0.39 is 11.0 Å². The molecule has 11 heteroatoms. The molecule has 2 heterocycles. The Morgan fingerprint density at radius 3 is 2.67 bits per heavy atom. The van der Waals surface area contributed by atoms with Crippen molar-refractivity contribution in [3.63, 3.8) is 0 Å². The van der Waals surface area contributed by atoms with Crippen LogP contribution in [0, 0.1) is 10.1 Å². The van der Waals surface area contributed by atoms with Gasteiger partial charge in [-0.2, -0.15) is 4.98 Å². The van der Waals surface area contributed by atoms with Crippen LogP contribution in [-0.2, 0) is 6.54 Å². The molecule has 174 valence electrons. The minimum Gasteiger partial charge on any atom is -0.493 e. The van der Waals surface area contributed by atoms with Crippen LogP contribution >= 0.6 is 0 Å². The van der Waals surface area contributed by atoms with Gasteiger partial charge >= 0.3 is 0 Å². The first-order valence-electron chi connectivity index (χ1n) is 10.2. The van der Waals surface area contributed by atoms with Crippen LogP contribution < -0.4 is 14.2 Å². The fraction of sp³-hybridized carbons (Fsp3) is 0.364. The number of nitro benzene ring substituents is 1. The van der Waals surface area contributed by atoms with Crippen molar-refractivity contribution in [2.24, 2.45) is 0 Å². The van der Waals surface area contributed by atoms with Gasteiger partial charge in [0.25, 0.3) is 5.69 Å². The molecule has 33 heavy (non-hydrogen) atoms. The molecular weight excluding hydrogens is 432 g/mol. The van der Waals surface area contributed by atoms with Crippen LogP contribution in [0.4, 0.5) is 5.69 Å². The Morgan fingerprint density at radius 1 is 1.18 bits per heavy atom. The van der Waals surface area contributed by atoms with Crippen LogP contribution in [0.5, 0.6) is 17.2 Å². The number of likely N-dealkylation sites (tertiary alicyclic amines) is 1. The van der Waals surface area contributed by atoms with E-state index in [4.69, 9.17) is 18.7 Å². The second-order valence-corrected chi connectivity index (χ2v) is 7.59. The van der Waals surface area contributed by atoms with Crippen LogP contribution in [0.3, 0.4) is 0 Å². The SMILES string of the molecule is COc1ccc(CN2C[C@H](O)C[C@H]2c2nc(-c3cccc([N+](=O)[O-])c3)no2)c(OC)c1OC. The molecule has 1 aliphatic heterocycles. The predicted octanol–water partition coefficient (Wildman–Crippen LogP) is 2.98. The number of aliphatic hydroxyl groups excluding tert-OH is 1. The molecule has 1 fully saturated rings. The average molecular weight is 456 g/mol. The van der Waals surface area contributed by atoms with Crippen molar-refractivity contribution in [2.75, 3.05) is 27.9 Å². The van der Waals surface area contributed by atoms with Gasteiger partial charge in [-0.15, -0.1) is 0 Å². The molecule has 0 unspecified atom stereocenters. The van der Waals surface area contributed by atoms with Gasteiger partial charge in [-0.1, -0.05) is 23.4 Å². The van der Waals surface area contributed by atoms with Gasteiger partial charge in [-0.05, 0) is 12.5 Å². The lowest BCUT2D eigenvalue weighted by Gasteiger charge is -2.23. The molecule has 0 radical (unpaired) electrons. The Bertz CT molecular complexity index is 1150. The number of aromatic nitrogens is 2. The lowest BCUT2D eigenvalue weighted by Crippen LogP contribution is -2.25. The van der Waals surface area contributed by atoms with Crippen molar-refractivity contribution in [2.45, 2.75) is 25.1 Å². The molecule has 3 aromatic rings. The highest BCUT2D eigenvalue weighted by Crippen LogP contribution is 2.42. The minimum absolute atomic E-state index is 0.0580. The van der Waals surface area contributed by atoms with Gasteiger partial charge in [-0.25, -0.2) is 0 Å². The molecule has 0 amide bonds. The molecule has 0 aliphatic carbocycles. The fourth-order valence-corrected chi connectivity index (χ4v) is 4.06. The highest BCUT2D eigenvalue weighted by Gasteiger charge is 2.36. The van der Waals surface area contributed by atoms with E-state index in [1.807, 2.05) is 11.0 Å². The van der Waals surface area contributed by atoms with Crippen molar-refractivity contribution < 1.29 is 28.8 Å². The van der Waals surface area contributed by atoms with E-state index >= 15 is 0 Å². The number of aliphatic hydroxyl groups is 1. The maximum Gasteiger partial charge on any atom is 0.270 e. The number of ether oxygens (including phenoxy) is 3. The predicted molar refractivity (Wildman–Crippen MR) is 116 cm³/mol. The molecule has 1 aromatic heterocycles. The van der Waals surface area contributed by atoms with Crippen LogP contribution in [0.25, 0.3) is 11.4 Å². The summed E-state index contributed by atoms with van der Waals surface area (Å²) < 4.78 is 21.9. The van der Waals surface area contributed by atoms with Gasteiger partial charge < -0.3 is 23.8 Å². The monoisotopic (exact) mass is 456 g/mol. The number of methoxy groups -OCH3 is 3. The number of nitrogens with zero attached hydrogens (tertiary/aromatic N) is 4. The number of hydrogen-bond acceptors (Lipinski definition) is 10. The Kier molecular flexibility index (Phi) is 6.43. The maximum atomic E-state index is 11.1. The van der Waals surface area contributed by atoms with Crippen molar-refractivity contribution in [1.29, 1.82) is 0 Å². The number of nitro groups is 1. The van der Waals surface area contributed by atoms with Crippen LogP contribution in [0.2, 0.25) is 0 Å². The second kappa shape index (κ2) is 9.43. The second-order valence-electron chi connectivity index (χ2n) is 7.59. The normalized spacial score (nSPS) is 18.3. The highest BCUT2D eigenvalue weighted by molar-refractivity contribution is 5.58. The van der Waals surface area contributed by atoms with Gasteiger partial charge in [-0.3, -0.25) is 15.0 Å². The first-order valence-corrected chi connectivity index (χ1v) is 10.2. The van der Waals surface area contributed by atoms with E-state index in [-0.39, 0.29) is 17.6 Å². The van der Waals surface area contributed by atoms with E-state index in [2.05, 4.69) is 10.1 Å². The number of benzene rings is 2. The number of hydrogen-bond donors (Lipinski definition) is 1. The van der Waals surface area contributed by atoms with Crippen molar-refractivity contribution >= 4 is 5.69 Å². The van der Waals surface area contributed by atoms with Gasteiger partial charge in [0.1, 0.15) is 0 Å². The lowest BCUT2D eigenvalue weighted by atomic mass is 10.1. The molecule has 2 atom stereocenters. The van der Waals surface area contributed by atoms with Gasteiger partial charge in [0.15, 0.2) is 11.5 Å². The third kappa shape index (κ3) is 4.45. The van der Waals surface area contributed by atoms with E-state index in [0.717, 1.165) is 5.56 Å². The number of β-amino-alcohol motifs (C(OH)–C–C–N with tert-alkyl or cyclic N) is 1. The molecule has 0 bridgehead atoms. The van der Waals surface area contributed by atoms with Gasteiger partial charge in [0.05, 0.1) is 38.4 Å². The quantitative estimate of drug-likeness (QED) is 0.398. The van der Waals surface area contributed by atoms with Gasteiger partial charge in [0.2, 0.25) is 17.5 Å². The molecule has 4 rings (SSSR count). The van der Waals surface area contributed by atoms with Crippen molar-refractivity contribution in [3.8, 4) is 28.6 Å². The zero-order valence-electron chi connectivity index (χ0n) is 18.4. The smallest absolute Gasteiger partial charge is 0.270 e. The third-order valence-electron chi connectivity index (χ3n) is 5.58. The van der Waals surface area contributed by atoms with E-state index in [1.165, 1.54) is 12.1 Å². The van der Waals surface area contributed by atoms with Crippen LogP contribution in [-0.4, -0.2) is 59.0 Å². The Labute approximate surface area is 189 Å². The van der Waals surface area contributed by atoms with E-state index in [0.29, 0.717) is 48.2 Å². The maximum absolute atomic E-state index is 11.1. The molecule has 1 aliphatic rings. The number of rotatable bonds is 8. The average Bonchev–Trinajstić information content (AvgIpc) is 3.45. The summed E-state index contributed by atoms with van der Waals surface area (Å²) >= 11 is 0. The summed E-state index contributed by atoms with van der Waals surface area (Å²) in [6.07, 6.45) is -0.166. The largest absolute Gasteiger partial charge is 0.493 e. The fourth-order valence-electron chi connectivity index (χ4n) is 4.06. The molecular formula is C22H24N4O7. The minimum atomic E-state index is -0.575. The molecule has 0 saturated carbocycles. The van der Waals surface area contributed by atoms with Crippen LogP contribution in [0.1, 0.15) is 23.9 Å². The van der Waals surface area contributed by atoms with E-state index in [9.17, 15) is 15.2 Å².